The van der Waals surface area contributed by atoms with E-state index in [-0.39, 0.29) is 42.2 Å². The number of ether oxygens (including phenoxy) is 3. The third-order valence-electron chi connectivity index (χ3n) is 10.4. The number of fused-ring (bicyclic) bond motifs is 2. The van der Waals surface area contributed by atoms with Crippen LogP contribution in [-0.4, -0.2) is 73.3 Å². The van der Waals surface area contributed by atoms with Gasteiger partial charge in [-0.05, 0) is 79.4 Å². The molecule has 16 heteroatoms. The average Bonchev–Trinajstić information content (AvgIpc) is 3.39. The van der Waals surface area contributed by atoms with Crippen molar-refractivity contribution in [2.24, 2.45) is 0 Å². The molecule has 2 heterocycles. The summed E-state index contributed by atoms with van der Waals surface area (Å²) >= 11 is 12.6. The third-order valence-corrected chi connectivity index (χ3v) is 11.1. The van der Waals surface area contributed by atoms with Gasteiger partial charge in [-0.15, -0.1) is 0 Å². The molecule has 3 aromatic rings. The molecule has 0 bridgehead atoms. The molecule has 0 aromatic heterocycles. The van der Waals surface area contributed by atoms with Gasteiger partial charge in [-0.2, -0.15) is 26.3 Å². The molecule has 6 rings (SSSR count). The molecule has 1 spiro atoms. The summed E-state index contributed by atoms with van der Waals surface area (Å²) in [6.45, 7) is 2.30. The minimum atomic E-state index is -5.12. The first-order valence-corrected chi connectivity index (χ1v) is 17.5. The molecular formula is C37H34Cl2F6N2O6. The molecule has 1 amide bonds. The Labute approximate surface area is 310 Å². The van der Waals surface area contributed by atoms with Crippen molar-refractivity contribution in [1.29, 1.82) is 0 Å². The Morgan fingerprint density at radius 1 is 0.887 bits per heavy atom. The predicted molar refractivity (Wildman–Crippen MR) is 181 cm³/mol. The molecule has 3 aromatic carbocycles. The lowest BCUT2D eigenvalue weighted by atomic mass is 9.72. The molecule has 0 N–H and O–H groups in total. The smallest absolute Gasteiger partial charge is 0.429 e. The van der Waals surface area contributed by atoms with E-state index in [0.717, 1.165) is 18.1 Å². The van der Waals surface area contributed by atoms with Gasteiger partial charge in [0.2, 0.25) is 0 Å². The second kappa shape index (κ2) is 14.8. The van der Waals surface area contributed by atoms with Crippen LogP contribution in [0.5, 0.6) is 0 Å². The van der Waals surface area contributed by atoms with Crippen LogP contribution in [0.1, 0.15) is 64.4 Å². The molecule has 284 valence electrons. The molecule has 0 radical (unpaired) electrons. The Balaban J connectivity index is 1.24. The lowest BCUT2D eigenvalue weighted by molar-refractivity contribution is -0.143. The molecule has 2 aliphatic heterocycles. The number of hydrogen-bond donors (Lipinski definition) is 0. The fourth-order valence-electron chi connectivity index (χ4n) is 7.74. The quantitative estimate of drug-likeness (QED) is 0.141. The van der Waals surface area contributed by atoms with E-state index in [1.165, 1.54) is 4.90 Å². The number of carbonyl (C=O) groups excluding carboxylic acids is 3. The molecule has 8 nitrogen and oxygen atoms in total. The Kier molecular flexibility index (Phi) is 10.8. The summed E-state index contributed by atoms with van der Waals surface area (Å²) in [4.78, 5) is 40.9. The first kappa shape index (κ1) is 38.9. The SMILES string of the molecule is CC(=O)OC(=O)OC1Cc2ccccc2C12CCN(CCC1(c3ccc(Cl)c(Cl)c3)CN(C(=O)c3cc(C(F)(F)F)cc(C(F)(F)F)c3)CCO1)CC2. The number of benzene rings is 3. The van der Waals surface area contributed by atoms with Gasteiger partial charge in [-0.1, -0.05) is 53.5 Å². The van der Waals surface area contributed by atoms with Crippen molar-refractivity contribution in [2.45, 2.75) is 62.1 Å². The molecule has 2 atom stereocenters. The summed E-state index contributed by atoms with van der Waals surface area (Å²) in [7, 11) is 0. The standard InChI is InChI=1S/C37H34Cl2F6N2O6/c1-22(48)52-33(50)53-31-18-23-4-2-3-5-28(23)34(31)8-11-46(12-9-34)13-10-35(25-6-7-29(38)30(39)20-25)21-47(14-15-51-35)32(49)24-16-26(36(40,41)42)19-27(17-24)37(43,44)45/h2-7,16-17,19-20,31H,8-15,18,21H2,1H3. The van der Waals surface area contributed by atoms with Crippen molar-refractivity contribution >= 4 is 41.2 Å². The summed E-state index contributed by atoms with van der Waals surface area (Å²) in [5.41, 5.74) is -3.10. The highest BCUT2D eigenvalue weighted by Gasteiger charge is 2.51. The number of carbonyl (C=O) groups is 3. The molecule has 0 saturated carbocycles. The van der Waals surface area contributed by atoms with Crippen LogP contribution in [0.2, 0.25) is 10.0 Å². The van der Waals surface area contributed by atoms with Crippen LogP contribution < -0.4 is 0 Å². The molecule has 1 aliphatic carbocycles. The Bertz CT molecular complexity index is 1870. The summed E-state index contributed by atoms with van der Waals surface area (Å²) < 4.78 is 98.6. The second-order valence-corrected chi connectivity index (χ2v) is 14.4. The lowest BCUT2D eigenvalue weighted by Crippen LogP contribution is -2.54. The fraction of sp³-hybridized carbons (Fsp3) is 0.432. The topological polar surface area (TPSA) is 85.4 Å². The first-order valence-electron chi connectivity index (χ1n) is 16.8. The van der Waals surface area contributed by atoms with Gasteiger partial charge < -0.3 is 24.0 Å². The Morgan fingerprint density at radius 2 is 1.55 bits per heavy atom. The maximum atomic E-state index is 13.7. The van der Waals surface area contributed by atoms with E-state index in [9.17, 15) is 40.7 Å². The summed E-state index contributed by atoms with van der Waals surface area (Å²) in [5, 5.41) is 0.442. The van der Waals surface area contributed by atoms with Crippen LogP contribution >= 0.6 is 23.2 Å². The van der Waals surface area contributed by atoms with Crippen LogP contribution in [0.15, 0.2) is 60.7 Å². The van der Waals surface area contributed by atoms with Crippen molar-refractivity contribution in [3.63, 3.8) is 0 Å². The number of rotatable bonds is 6. The fourth-order valence-corrected chi connectivity index (χ4v) is 8.04. The minimum absolute atomic E-state index is 0.0187. The van der Waals surface area contributed by atoms with E-state index < -0.39 is 64.2 Å². The van der Waals surface area contributed by atoms with Gasteiger partial charge in [-0.3, -0.25) is 9.59 Å². The van der Waals surface area contributed by atoms with E-state index in [1.54, 1.807) is 18.2 Å². The number of hydrogen-bond acceptors (Lipinski definition) is 7. The number of esters is 1. The van der Waals surface area contributed by atoms with Gasteiger partial charge >= 0.3 is 24.5 Å². The normalized spacial score (nSPS) is 21.7. The van der Waals surface area contributed by atoms with Crippen molar-refractivity contribution in [2.75, 3.05) is 39.3 Å². The second-order valence-electron chi connectivity index (χ2n) is 13.6. The van der Waals surface area contributed by atoms with E-state index in [0.29, 0.717) is 56.6 Å². The Hall–Kier alpha value is -3.85. The van der Waals surface area contributed by atoms with Gasteiger partial charge in [0.1, 0.15) is 11.7 Å². The molecule has 3 aliphatic rings. The highest BCUT2D eigenvalue weighted by Crippen LogP contribution is 2.48. The number of alkyl halides is 6. The van der Waals surface area contributed by atoms with E-state index in [4.69, 9.17) is 32.7 Å². The molecular weight excluding hydrogens is 753 g/mol. The monoisotopic (exact) mass is 786 g/mol. The molecule has 2 saturated heterocycles. The van der Waals surface area contributed by atoms with Crippen LogP contribution in [0.25, 0.3) is 0 Å². The van der Waals surface area contributed by atoms with Crippen LogP contribution in [0.3, 0.4) is 0 Å². The van der Waals surface area contributed by atoms with Gasteiger partial charge in [-0.25, -0.2) is 4.79 Å². The van der Waals surface area contributed by atoms with Crippen LogP contribution in [0.4, 0.5) is 31.1 Å². The number of halogens is 8. The molecule has 2 unspecified atom stereocenters. The zero-order valence-corrected chi connectivity index (χ0v) is 29.8. The summed E-state index contributed by atoms with van der Waals surface area (Å²) in [5.74, 6) is -1.79. The van der Waals surface area contributed by atoms with Crippen molar-refractivity contribution in [3.05, 3.63) is 104 Å². The number of morpholine rings is 1. The first-order chi connectivity index (χ1) is 24.9. The predicted octanol–water partition coefficient (Wildman–Crippen LogP) is 8.45. The minimum Gasteiger partial charge on any atom is -0.429 e. The highest BCUT2D eigenvalue weighted by molar-refractivity contribution is 6.42. The third kappa shape index (κ3) is 8.15. The van der Waals surface area contributed by atoms with Gasteiger partial charge in [0.05, 0.1) is 34.3 Å². The number of piperidine rings is 1. The van der Waals surface area contributed by atoms with E-state index in [1.807, 2.05) is 24.3 Å². The van der Waals surface area contributed by atoms with E-state index in [2.05, 4.69) is 9.64 Å². The lowest BCUT2D eigenvalue weighted by Gasteiger charge is -2.46. The number of nitrogens with zero attached hydrogens (tertiary/aromatic N) is 2. The summed E-state index contributed by atoms with van der Waals surface area (Å²) in [6, 6.07) is 13.4. The highest BCUT2D eigenvalue weighted by atomic mass is 35.5. The van der Waals surface area contributed by atoms with Crippen molar-refractivity contribution < 1.29 is 54.9 Å². The van der Waals surface area contributed by atoms with Crippen LogP contribution in [-0.2, 0) is 48.8 Å². The number of amides is 1. The van der Waals surface area contributed by atoms with Gasteiger partial charge in [0.15, 0.2) is 0 Å². The zero-order valence-electron chi connectivity index (χ0n) is 28.3. The molecule has 53 heavy (non-hydrogen) atoms. The maximum absolute atomic E-state index is 13.7. The zero-order chi connectivity index (χ0) is 38.3. The maximum Gasteiger partial charge on any atom is 0.516 e. The van der Waals surface area contributed by atoms with Crippen LogP contribution in [0, 0.1) is 0 Å². The van der Waals surface area contributed by atoms with Crippen molar-refractivity contribution in [3.8, 4) is 0 Å². The average molecular weight is 788 g/mol. The van der Waals surface area contributed by atoms with Gasteiger partial charge in [0.25, 0.3) is 5.91 Å². The van der Waals surface area contributed by atoms with Gasteiger partial charge in [0, 0.05) is 37.4 Å². The van der Waals surface area contributed by atoms with E-state index >= 15 is 0 Å². The largest absolute Gasteiger partial charge is 0.516 e. The van der Waals surface area contributed by atoms with Crippen molar-refractivity contribution in [1.82, 2.24) is 9.80 Å². The Morgan fingerprint density at radius 3 is 2.17 bits per heavy atom. The number of likely N-dealkylation sites (tertiary alicyclic amines) is 1. The molecule has 2 fully saturated rings. The summed E-state index contributed by atoms with van der Waals surface area (Å²) in [6.07, 6.45) is -9.97.